The molecule has 3 aliphatic heterocycles. The third-order valence-electron chi connectivity index (χ3n) is 5.71. The highest BCUT2D eigenvalue weighted by Gasteiger charge is 2.34. The Balaban J connectivity index is 1.31. The third-order valence-corrected chi connectivity index (χ3v) is 5.71. The highest BCUT2D eigenvalue weighted by atomic mass is 16.5. The lowest BCUT2D eigenvalue weighted by atomic mass is 9.95. The minimum absolute atomic E-state index is 0.0452. The summed E-state index contributed by atoms with van der Waals surface area (Å²) < 4.78 is 11.7. The molecule has 0 bridgehead atoms. The van der Waals surface area contributed by atoms with Gasteiger partial charge in [-0.1, -0.05) is 24.3 Å². The number of hydrogen-bond donors (Lipinski definition) is 2. The Kier molecular flexibility index (Phi) is 5.55. The fraction of sp³-hybridized carbons (Fsp3) is 0.650. The van der Waals surface area contributed by atoms with Gasteiger partial charge in [-0.05, 0) is 30.4 Å². The number of hydrogen-bond acceptors (Lipinski definition) is 5. The van der Waals surface area contributed by atoms with Gasteiger partial charge in [-0.25, -0.2) is 0 Å². The first-order valence-electron chi connectivity index (χ1n) is 9.68. The molecule has 2 saturated heterocycles. The molecule has 0 aliphatic carbocycles. The standard InChI is InChI=1S/C20H28N2O4/c23-16-10-21-18-6-5-17(26-19(18)13-25-12-16)9-20(24)22-8-7-14-3-1-2-4-15(14)11-22/h1-4,16-19,21,23H,5-13H2/t16-,17+,18-,19+/m0/s1. The Labute approximate surface area is 154 Å². The minimum atomic E-state index is -0.461. The predicted octanol–water partition coefficient (Wildman–Crippen LogP) is 0.858. The molecule has 3 aliphatic rings. The molecular formula is C20H28N2O4. The van der Waals surface area contributed by atoms with Gasteiger partial charge in [-0.2, -0.15) is 0 Å². The number of amides is 1. The summed E-state index contributed by atoms with van der Waals surface area (Å²) >= 11 is 0. The van der Waals surface area contributed by atoms with Crippen molar-refractivity contribution in [3.63, 3.8) is 0 Å². The number of aliphatic hydroxyl groups is 1. The van der Waals surface area contributed by atoms with Crippen LogP contribution in [-0.2, 0) is 27.2 Å². The van der Waals surface area contributed by atoms with Crippen LogP contribution < -0.4 is 5.32 Å². The third kappa shape index (κ3) is 4.09. The topological polar surface area (TPSA) is 71.0 Å². The van der Waals surface area contributed by atoms with Gasteiger partial charge in [0.15, 0.2) is 0 Å². The lowest BCUT2D eigenvalue weighted by Crippen LogP contribution is -2.54. The van der Waals surface area contributed by atoms with Crippen LogP contribution >= 0.6 is 0 Å². The fourth-order valence-electron chi connectivity index (χ4n) is 4.20. The molecule has 0 saturated carbocycles. The molecule has 4 rings (SSSR count). The Bertz CT molecular complexity index is 638. The summed E-state index contributed by atoms with van der Waals surface area (Å²) in [6.45, 7) is 2.82. The molecule has 2 N–H and O–H groups in total. The number of nitrogens with zero attached hydrogens (tertiary/aromatic N) is 1. The van der Waals surface area contributed by atoms with Crippen molar-refractivity contribution in [2.75, 3.05) is 26.3 Å². The van der Waals surface area contributed by atoms with Gasteiger partial charge in [0.2, 0.25) is 5.91 Å². The smallest absolute Gasteiger partial charge is 0.225 e. The van der Waals surface area contributed by atoms with E-state index in [0.717, 1.165) is 25.8 Å². The van der Waals surface area contributed by atoms with E-state index in [0.29, 0.717) is 32.7 Å². The zero-order chi connectivity index (χ0) is 17.9. The highest BCUT2D eigenvalue weighted by Crippen LogP contribution is 2.25. The Hall–Kier alpha value is -1.47. The molecule has 3 heterocycles. The number of carbonyl (C=O) groups excluding carboxylic acids is 1. The highest BCUT2D eigenvalue weighted by molar-refractivity contribution is 5.77. The van der Waals surface area contributed by atoms with Crippen molar-refractivity contribution >= 4 is 5.91 Å². The Morgan fingerprint density at radius 1 is 1.23 bits per heavy atom. The average molecular weight is 360 g/mol. The number of fused-ring (bicyclic) bond motifs is 2. The van der Waals surface area contributed by atoms with Crippen molar-refractivity contribution in [2.45, 2.75) is 56.6 Å². The lowest BCUT2D eigenvalue weighted by Gasteiger charge is -2.39. The molecule has 6 heteroatoms. The lowest BCUT2D eigenvalue weighted by molar-refractivity contribution is -0.145. The van der Waals surface area contributed by atoms with Crippen LogP contribution in [0.5, 0.6) is 0 Å². The van der Waals surface area contributed by atoms with E-state index in [1.807, 2.05) is 11.0 Å². The van der Waals surface area contributed by atoms with Crippen LogP contribution in [0.15, 0.2) is 24.3 Å². The maximum Gasteiger partial charge on any atom is 0.225 e. The molecule has 142 valence electrons. The van der Waals surface area contributed by atoms with Gasteiger partial charge in [0.25, 0.3) is 0 Å². The van der Waals surface area contributed by atoms with Gasteiger partial charge >= 0.3 is 0 Å². The molecule has 0 aromatic heterocycles. The van der Waals surface area contributed by atoms with Crippen LogP contribution in [0.3, 0.4) is 0 Å². The SMILES string of the molecule is O=C(C[C@H]1CC[C@@H]2NC[C@H](O)COC[C@H]2O1)N1CCc2ccccc2C1. The van der Waals surface area contributed by atoms with Gasteiger partial charge in [0, 0.05) is 25.7 Å². The van der Waals surface area contributed by atoms with Crippen molar-refractivity contribution in [1.29, 1.82) is 0 Å². The second-order valence-corrected chi connectivity index (χ2v) is 7.62. The van der Waals surface area contributed by atoms with E-state index < -0.39 is 6.10 Å². The molecule has 0 unspecified atom stereocenters. The molecule has 0 radical (unpaired) electrons. The summed E-state index contributed by atoms with van der Waals surface area (Å²) in [7, 11) is 0. The second kappa shape index (κ2) is 8.05. The predicted molar refractivity (Wildman–Crippen MR) is 96.7 cm³/mol. The zero-order valence-corrected chi connectivity index (χ0v) is 15.1. The zero-order valence-electron chi connectivity index (χ0n) is 15.1. The van der Waals surface area contributed by atoms with E-state index in [9.17, 15) is 9.90 Å². The molecule has 1 amide bonds. The summed E-state index contributed by atoms with van der Waals surface area (Å²) in [6, 6.07) is 8.56. The van der Waals surface area contributed by atoms with Crippen LogP contribution in [0.4, 0.5) is 0 Å². The van der Waals surface area contributed by atoms with E-state index in [1.54, 1.807) is 0 Å². The van der Waals surface area contributed by atoms with E-state index in [-0.39, 0.29) is 24.2 Å². The van der Waals surface area contributed by atoms with Crippen LogP contribution in [-0.4, -0.2) is 66.6 Å². The van der Waals surface area contributed by atoms with Crippen molar-refractivity contribution in [3.8, 4) is 0 Å². The number of ether oxygens (including phenoxy) is 2. The summed E-state index contributed by atoms with van der Waals surface area (Å²) in [4.78, 5) is 14.7. The maximum atomic E-state index is 12.8. The van der Waals surface area contributed by atoms with Gasteiger partial charge in [0.05, 0.1) is 37.9 Å². The van der Waals surface area contributed by atoms with Crippen molar-refractivity contribution in [2.24, 2.45) is 0 Å². The molecule has 4 atom stereocenters. The maximum absolute atomic E-state index is 12.8. The number of rotatable bonds is 2. The summed E-state index contributed by atoms with van der Waals surface area (Å²) in [5.41, 5.74) is 2.61. The largest absolute Gasteiger partial charge is 0.389 e. The van der Waals surface area contributed by atoms with E-state index in [2.05, 4.69) is 23.5 Å². The van der Waals surface area contributed by atoms with E-state index in [1.165, 1.54) is 11.1 Å². The quantitative estimate of drug-likeness (QED) is 0.819. The molecule has 1 aromatic rings. The number of nitrogens with one attached hydrogen (secondary N) is 1. The summed E-state index contributed by atoms with van der Waals surface area (Å²) in [5.74, 6) is 0.179. The first-order chi connectivity index (χ1) is 12.7. The first-order valence-corrected chi connectivity index (χ1v) is 9.68. The number of benzene rings is 1. The molecule has 1 aromatic carbocycles. The van der Waals surface area contributed by atoms with E-state index >= 15 is 0 Å². The molecule has 0 spiro atoms. The molecule has 2 fully saturated rings. The Morgan fingerprint density at radius 3 is 2.96 bits per heavy atom. The van der Waals surface area contributed by atoms with Gasteiger partial charge in [0.1, 0.15) is 0 Å². The van der Waals surface area contributed by atoms with Gasteiger partial charge < -0.3 is 24.8 Å². The van der Waals surface area contributed by atoms with Crippen molar-refractivity contribution in [3.05, 3.63) is 35.4 Å². The van der Waals surface area contributed by atoms with Gasteiger partial charge in [-0.15, -0.1) is 0 Å². The molecule has 26 heavy (non-hydrogen) atoms. The number of β-amino-alcohol motifs (C(OH)–C–C–N with tert-alkyl or cyclic N) is 1. The fourth-order valence-corrected chi connectivity index (χ4v) is 4.20. The number of carbonyl (C=O) groups is 1. The van der Waals surface area contributed by atoms with Crippen LogP contribution in [0, 0.1) is 0 Å². The first kappa shape index (κ1) is 17.9. The Morgan fingerprint density at radius 2 is 2.08 bits per heavy atom. The van der Waals surface area contributed by atoms with Crippen LogP contribution in [0.25, 0.3) is 0 Å². The van der Waals surface area contributed by atoms with Crippen molar-refractivity contribution < 1.29 is 19.4 Å². The normalized spacial score (nSPS) is 32.1. The van der Waals surface area contributed by atoms with Crippen LogP contribution in [0.1, 0.15) is 30.4 Å². The molecular weight excluding hydrogens is 332 g/mol. The molecule has 6 nitrogen and oxygen atoms in total. The van der Waals surface area contributed by atoms with E-state index in [4.69, 9.17) is 9.47 Å². The second-order valence-electron chi connectivity index (χ2n) is 7.62. The van der Waals surface area contributed by atoms with Crippen molar-refractivity contribution in [1.82, 2.24) is 10.2 Å². The average Bonchev–Trinajstić information content (AvgIpc) is 2.65. The number of aliphatic hydroxyl groups excluding tert-OH is 1. The van der Waals surface area contributed by atoms with Crippen LogP contribution in [0.2, 0.25) is 0 Å². The summed E-state index contributed by atoms with van der Waals surface area (Å²) in [6.07, 6.45) is 2.62. The summed E-state index contributed by atoms with van der Waals surface area (Å²) in [5, 5.41) is 13.1. The van der Waals surface area contributed by atoms with Gasteiger partial charge in [-0.3, -0.25) is 4.79 Å². The minimum Gasteiger partial charge on any atom is -0.389 e. The monoisotopic (exact) mass is 360 g/mol.